The molecule has 4 nitrogen and oxygen atoms in total. The largest absolute Gasteiger partial charge is 0.397 e. The number of nitrogens with two attached hydrogens (primary N) is 1. The summed E-state index contributed by atoms with van der Waals surface area (Å²) in [4.78, 5) is 12.6. The molecule has 0 aliphatic carbocycles. The number of urea groups is 1. The van der Waals surface area contributed by atoms with Gasteiger partial charge in [0.2, 0.25) is 0 Å². The summed E-state index contributed by atoms with van der Waals surface area (Å²) >= 11 is 0. The molecule has 0 saturated heterocycles. The number of nitrogen functional groups attached to an aromatic ring is 1. The maximum Gasteiger partial charge on any atom is 0.320 e. The summed E-state index contributed by atoms with van der Waals surface area (Å²) < 4.78 is 0. The van der Waals surface area contributed by atoms with Gasteiger partial charge in [0.1, 0.15) is 0 Å². The molecule has 0 unspecified atom stereocenters. The molecule has 3 rings (SSSR count). The Balaban J connectivity index is 1.83. The van der Waals surface area contributed by atoms with Crippen LogP contribution in [0.3, 0.4) is 0 Å². The lowest BCUT2D eigenvalue weighted by Crippen LogP contribution is -2.33. The third-order valence-electron chi connectivity index (χ3n) is 4.00. The Morgan fingerprint density at radius 3 is 2.00 bits per heavy atom. The fourth-order valence-corrected chi connectivity index (χ4v) is 2.72. The van der Waals surface area contributed by atoms with E-state index in [2.05, 4.69) is 10.6 Å². The summed E-state index contributed by atoms with van der Waals surface area (Å²) in [6.45, 7) is 1.96. The second kappa shape index (κ2) is 7.53. The zero-order valence-corrected chi connectivity index (χ0v) is 14.1. The third kappa shape index (κ3) is 4.18. The van der Waals surface area contributed by atoms with Crippen LogP contribution in [0.2, 0.25) is 0 Å². The van der Waals surface area contributed by atoms with Gasteiger partial charge in [-0.05, 0) is 35.7 Å². The van der Waals surface area contributed by atoms with Gasteiger partial charge in [0.05, 0.1) is 17.4 Å². The molecule has 3 aromatic rings. The van der Waals surface area contributed by atoms with Crippen molar-refractivity contribution in [3.63, 3.8) is 0 Å². The van der Waals surface area contributed by atoms with Crippen LogP contribution in [0, 0.1) is 6.92 Å². The molecule has 25 heavy (non-hydrogen) atoms. The van der Waals surface area contributed by atoms with Gasteiger partial charge in [0, 0.05) is 0 Å². The molecule has 0 atom stereocenters. The highest BCUT2D eigenvalue weighted by Gasteiger charge is 2.17. The molecule has 0 aliphatic rings. The first-order valence-corrected chi connectivity index (χ1v) is 8.17. The van der Waals surface area contributed by atoms with Gasteiger partial charge >= 0.3 is 6.03 Å². The van der Waals surface area contributed by atoms with Gasteiger partial charge in [-0.1, -0.05) is 66.7 Å². The number of hydrogen-bond acceptors (Lipinski definition) is 2. The van der Waals surface area contributed by atoms with Crippen molar-refractivity contribution >= 4 is 17.4 Å². The number of benzene rings is 3. The van der Waals surface area contributed by atoms with Crippen molar-refractivity contribution in [1.82, 2.24) is 5.32 Å². The average molecular weight is 331 g/mol. The van der Waals surface area contributed by atoms with Crippen LogP contribution in [-0.2, 0) is 0 Å². The summed E-state index contributed by atoms with van der Waals surface area (Å²) in [5.74, 6) is 0. The highest BCUT2D eigenvalue weighted by atomic mass is 16.2. The van der Waals surface area contributed by atoms with Crippen LogP contribution < -0.4 is 16.4 Å². The number of hydrogen-bond donors (Lipinski definition) is 3. The minimum absolute atomic E-state index is 0.242. The van der Waals surface area contributed by atoms with Gasteiger partial charge in [-0.3, -0.25) is 0 Å². The minimum Gasteiger partial charge on any atom is -0.397 e. The smallest absolute Gasteiger partial charge is 0.320 e. The first kappa shape index (κ1) is 16.6. The van der Waals surface area contributed by atoms with Crippen molar-refractivity contribution in [3.8, 4) is 0 Å². The predicted molar refractivity (Wildman–Crippen MR) is 102 cm³/mol. The first-order valence-electron chi connectivity index (χ1n) is 8.17. The summed E-state index contributed by atoms with van der Waals surface area (Å²) in [6.07, 6.45) is 0. The third-order valence-corrected chi connectivity index (χ3v) is 4.00. The van der Waals surface area contributed by atoms with E-state index in [1.807, 2.05) is 79.7 Å². The van der Waals surface area contributed by atoms with Gasteiger partial charge in [0.25, 0.3) is 0 Å². The number of rotatable bonds is 4. The number of carbonyl (C=O) groups excluding carboxylic acids is 1. The van der Waals surface area contributed by atoms with Crippen molar-refractivity contribution in [1.29, 1.82) is 0 Å². The topological polar surface area (TPSA) is 67.1 Å². The molecule has 0 aromatic heterocycles. The van der Waals surface area contributed by atoms with E-state index in [4.69, 9.17) is 5.73 Å². The minimum atomic E-state index is -0.296. The molecule has 0 fully saturated rings. The lowest BCUT2D eigenvalue weighted by molar-refractivity contribution is 0.250. The Hall–Kier alpha value is -3.27. The van der Waals surface area contributed by atoms with Crippen LogP contribution in [0.4, 0.5) is 16.2 Å². The standard InChI is InChI=1S/C21H21N3O/c1-15-12-13-18(22)19(14-15)23-21(25)24-20(16-8-4-2-5-9-16)17-10-6-3-7-11-17/h2-14,20H,22H2,1H3,(H2,23,24,25). The fourth-order valence-electron chi connectivity index (χ4n) is 2.72. The van der Waals surface area contributed by atoms with Crippen molar-refractivity contribution in [2.75, 3.05) is 11.1 Å². The van der Waals surface area contributed by atoms with Crippen LogP contribution in [0.5, 0.6) is 0 Å². The van der Waals surface area contributed by atoms with Crippen LogP contribution in [0.1, 0.15) is 22.7 Å². The number of nitrogens with one attached hydrogen (secondary N) is 2. The second-order valence-corrected chi connectivity index (χ2v) is 5.94. The van der Waals surface area contributed by atoms with E-state index < -0.39 is 0 Å². The Kier molecular flexibility index (Phi) is 5.00. The van der Waals surface area contributed by atoms with Crippen LogP contribution >= 0.6 is 0 Å². The second-order valence-electron chi connectivity index (χ2n) is 5.94. The lowest BCUT2D eigenvalue weighted by atomic mass is 9.99. The molecule has 4 heteroatoms. The summed E-state index contributed by atoms with van der Waals surface area (Å²) in [5, 5.41) is 5.89. The fraction of sp³-hybridized carbons (Fsp3) is 0.0952. The molecular formula is C21H21N3O. The van der Waals surface area contributed by atoms with E-state index in [1.54, 1.807) is 6.07 Å². The molecular weight excluding hydrogens is 310 g/mol. The molecule has 2 amide bonds. The van der Waals surface area contributed by atoms with Gasteiger partial charge < -0.3 is 16.4 Å². The first-order chi connectivity index (χ1) is 12.1. The van der Waals surface area contributed by atoms with Crippen molar-refractivity contribution in [2.24, 2.45) is 0 Å². The maximum absolute atomic E-state index is 12.6. The predicted octanol–water partition coefficient (Wildman–Crippen LogP) is 4.49. The summed E-state index contributed by atoms with van der Waals surface area (Å²) in [7, 11) is 0. The Labute approximate surface area is 147 Å². The highest BCUT2D eigenvalue weighted by Crippen LogP contribution is 2.23. The Morgan fingerprint density at radius 1 is 0.880 bits per heavy atom. The SMILES string of the molecule is Cc1ccc(N)c(NC(=O)NC(c2ccccc2)c2ccccc2)c1. The molecule has 0 heterocycles. The van der Waals surface area contributed by atoms with Crippen LogP contribution in [-0.4, -0.2) is 6.03 Å². The van der Waals surface area contributed by atoms with E-state index in [-0.39, 0.29) is 12.1 Å². The van der Waals surface area contributed by atoms with Crippen molar-refractivity contribution in [2.45, 2.75) is 13.0 Å². The van der Waals surface area contributed by atoms with Gasteiger partial charge in [-0.25, -0.2) is 4.79 Å². The number of carbonyl (C=O) groups is 1. The molecule has 0 saturated carbocycles. The Bertz CT molecular complexity index is 808. The van der Waals surface area contributed by atoms with Gasteiger partial charge in [-0.2, -0.15) is 0 Å². The zero-order chi connectivity index (χ0) is 17.6. The molecule has 3 aromatic carbocycles. The number of aryl methyl sites for hydroxylation is 1. The van der Waals surface area contributed by atoms with E-state index in [0.717, 1.165) is 16.7 Å². The van der Waals surface area contributed by atoms with Gasteiger partial charge in [0.15, 0.2) is 0 Å². The maximum atomic E-state index is 12.6. The van der Waals surface area contributed by atoms with E-state index in [0.29, 0.717) is 11.4 Å². The summed E-state index contributed by atoms with van der Waals surface area (Å²) in [5.41, 5.74) is 10.2. The van der Waals surface area contributed by atoms with E-state index in [9.17, 15) is 4.79 Å². The Morgan fingerprint density at radius 2 is 1.44 bits per heavy atom. The number of anilines is 2. The van der Waals surface area contributed by atoms with Crippen molar-refractivity contribution in [3.05, 3.63) is 95.6 Å². The van der Waals surface area contributed by atoms with E-state index >= 15 is 0 Å². The normalized spacial score (nSPS) is 10.5. The molecule has 0 radical (unpaired) electrons. The van der Waals surface area contributed by atoms with Crippen LogP contribution in [0.15, 0.2) is 78.9 Å². The lowest BCUT2D eigenvalue weighted by Gasteiger charge is -2.20. The van der Waals surface area contributed by atoms with E-state index in [1.165, 1.54) is 0 Å². The molecule has 0 spiro atoms. The van der Waals surface area contributed by atoms with Crippen LogP contribution in [0.25, 0.3) is 0 Å². The molecule has 126 valence electrons. The summed E-state index contributed by atoms with van der Waals surface area (Å²) in [6, 6.07) is 24.8. The molecule has 0 aliphatic heterocycles. The molecule has 0 bridgehead atoms. The molecule has 4 N–H and O–H groups in total. The number of amides is 2. The van der Waals surface area contributed by atoms with Crippen molar-refractivity contribution < 1.29 is 4.79 Å². The quantitative estimate of drug-likeness (QED) is 0.617. The average Bonchev–Trinajstić information content (AvgIpc) is 2.64. The zero-order valence-electron chi connectivity index (χ0n) is 14.1. The van der Waals surface area contributed by atoms with Gasteiger partial charge in [-0.15, -0.1) is 0 Å². The highest BCUT2D eigenvalue weighted by molar-refractivity contribution is 5.93. The monoisotopic (exact) mass is 331 g/mol.